The Morgan fingerprint density at radius 1 is 1.04 bits per heavy atom. The van der Waals surface area contributed by atoms with Crippen LogP contribution in [0.3, 0.4) is 0 Å². The highest BCUT2D eigenvalue weighted by Gasteiger charge is 2.38. The summed E-state index contributed by atoms with van der Waals surface area (Å²) in [6.45, 7) is -0.622. The highest BCUT2D eigenvalue weighted by Crippen LogP contribution is 2.36. The number of alkyl halides is 6. The van der Waals surface area contributed by atoms with Crippen LogP contribution in [0.1, 0.15) is 40.7 Å². The van der Waals surface area contributed by atoms with Gasteiger partial charge in [-0.15, -0.1) is 0 Å². The van der Waals surface area contributed by atoms with Gasteiger partial charge in [-0.3, -0.25) is 9.59 Å². The van der Waals surface area contributed by atoms with Gasteiger partial charge >= 0.3 is 12.4 Å². The number of hydrogen-bond donors (Lipinski definition) is 2. The van der Waals surface area contributed by atoms with Crippen molar-refractivity contribution in [1.82, 2.24) is 10.6 Å². The van der Waals surface area contributed by atoms with Crippen LogP contribution in [0.25, 0.3) is 0 Å². The molecule has 0 unspecified atom stereocenters. The van der Waals surface area contributed by atoms with E-state index in [1.807, 2.05) is 5.32 Å². The van der Waals surface area contributed by atoms with Crippen LogP contribution in [0.2, 0.25) is 0 Å². The fraction of sp³-hybridized carbons (Fsp3) is 0.467. The van der Waals surface area contributed by atoms with Crippen molar-refractivity contribution in [2.75, 3.05) is 6.54 Å². The summed E-state index contributed by atoms with van der Waals surface area (Å²) < 4.78 is 76.8. The van der Waals surface area contributed by atoms with Gasteiger partial charge in [-0.05, 0) is 37.5 Å². The Bertz CT molecular complexity index is 665. The average molecular weight is 368 g/mol. The van der Waals surface area contributed by atoms with Crippen LogP contribution < -0.4 is 10.6 Å². The van der Waals surface area contributed by atoms with Gasteiger partial charge in [0.25, 0.3) is 5.91 Å². The monoisotopic (exact) mass is 368 g/mol. The van der Waals surface area contributed by atoms with Gasteiger partial charge in [0.05, 0.1) is 23.2 Å². The fourth-order valence-electron chi connectivity index (χ4n) is 2.24. The number of carbonyl (C=O) groups is 2. The topological polar surface area (TPSA) is 58.2 Å². The molecule has 0 aliphatic heterocycles. The van der Waals surface area contributed by atoms with E-state index < -0.39 is 47.4 Å². The van der Waals surface area contributed by atoms with E-state index in [4.69, 9.17) is 0 Å². The number of hydrogen-bond acceptors (Lipinski definition) is 2. The summed E-state index contributed by atoms with van der Waals surface area (Å²) >= 11 is 0. The molecular formula is C15H14F6N2O2. The molecule has 0 bridgehead atoms. The van der Waals surface area contributed by atoms with Gasteiger partial charge in [-0.2, -0.15) is 26.3 Å². The third-order valence-electron chi connectivity index (χ3n) is 3.78. The van der Waals surface area contributed by atoms with Crippen LogP contribution in [0, 0.1) is 0 Å². The third kappa shape index (κ3) is 4.86. The normalized spacial score (nSPS) is 15.4. The Kier molecular flexibility index (Phi) is 5.28. The Morgan fingerprint density at radius 3 is 2.16 bits per heavy atom. The molecule has 0 aromatic heterocycles. The Labute approximate surface area is 138 Å². The van der Waals surface area contributed by atoms with Crippen LogP contribution in [-0.2, 0) is 17.1 Å². The average Bonchev–Trinajstić information content (AvgIpc) is 2.46. The van der Waals surface area contributed by atoms with Gasteiger partial charge in [0.2, 0.25) is 5.91 Å². The highest BCUT2D eigenvalue weighted by molar-refractivity contribution is 5.98. The summed E-state index contributed by atoms with van der Waals surface area (Å²) in [5.74, 6) is -2.01. The van der Waals surface area contributed by atoms with Gasteiger partial charge in [-0.1, -0.05) is 0 Å². The second-order valence-corrected chi connectivity index (χ2v) is 5.63. The van der Waals surface area contributed by atoms with E-state index in [1.54, 1.807) is 0 Å². The maximum atomic E-state index is 12.9. The first-order valence-corrected chi connectivity index (χ1v) is 7.34. The summed E-state index contributed by atoms with van der Waals surface area (Å²) in [6, 6.07) is 0.542. The second kappa shape index (κ2) is 6.93. The number of amides is 2. The summed E-state index contributed by atoms with van der Waals surface area (Å²) in [6.07, 6.45) is -7.43. The Balaban J connectivity index is 2.16. The van der Waals surface area contributed by atoms with Gasteiger partial charge < -0.3 is 10.6 Å². The summed E-state index contributed by atoms with van der Waals surface area (Å²) in [5.41, 5.74) is -4.07. The maximum absolute atomic E-state index is 12.9. The summed E-state index contributed by atoms with van der Waals surface area (Å²) in [4.78, 5) is 23.5. The van der Waals surface area contributed by atoms with E-state index in [0.29, 0.717) is 0 Å². The largest absolute Gasteiger partial charge is 0.417 e. The van der Waals surface area contributed by atoms with Crippen molar-refractivity contribution >= 4 is 11.8 Å². The minimum absolute atomic E-state index is 0.0382. The van der Waals surface area contributed by atoms with Crippen molar-refractivity contribution in [3.05, 3.63) is 34.9 Å². The zero-order valence-electron chi connectivity index (χ0n) is 12.7. The zero-order chi connectivity index (χ0) is 18.8. The quantitative estimate of drug-likeness (QED) is 0.803. The number of halogens is 6. The zero-order valence-corrected chi connectivity index (χ0v) is 12.7. The molecule has 1 aromatic rings. The Morgan fingerprint density at radius 2 is 1.68 bits per heavy atom. The van der Waals surface area contributed by atoms with Crippen LogP contribution in [0.4, 0.5) is 26.3 Å². The molecule has 0 atom stereocenters. The minimum atomic E-state index is -5.01. The van der Waals surface area contributed by atoms with Crippen molar-refractivity contribution in [2.45, 2.75) is 37.7 Å². The van der Waals surface area contributed by atoms with Gasteiger partial charge in [0.1, 0.15) is 0 Å². The molecule has 4 nitrogen and oxygen atoms in total. The van der Waals surface area contributed by atoms with Crippen LogP contribution >= 0.6 is 0 Å². The van der Waals surface area contributed by atoms with Gasteiger partial charge in [0.15, 0.2) is 0 Å². The van der Waals surface area contributed by atoms with Crippen molar-refractivity contribution in [3.8, 4) is 0 Å². The van der Waals surface area contributed by atoms with Crippen molar-refractivity contribution in [2.24, 2.45) is 0 Å². The predicted octanol–water partition coefficient (Wildman–Crippen LogP) is 3.12. The maximum Gasteiger partial charge on any atom is 0.417 e. The van der Waals surface area contributed by atoms with Crippen molar-refractivity contribution in [3.63, 3.8) is 0 Å². The van der Waals surface area contributed by atoms with E-state index >= 15 is 0 Å². The molecule has 0 saturated heterocycles. The minimum Gasteiger partial charge on any atom is -0.352 e. The van der Waals surface area contributed by atoms with E-state index in [0.717, 1.165) is 19.3 Å². The molecule has 1 fully saturated rings. The summed E-state index contributed by atoms with van der Waals surface area (Å²) in [7, 11) is 0. The molecular weight excluding hydrogens is 354 g/mol. The standard InChI is InChI=1S/C15H14F6N2O2/c16-14(17,18)8-4-5-11(15(19,20)21)10(6-8)13(25)22-7-12(24)23-9-2-1-3-9/h4-6,9H,1-3,7H2,(H,22,25)(H,23,24). The number of carbonyl (C=O) groups excluding carboxylic acids is 2. The molecule has 2 N–H and O–H groups in total. The number of nitrogens with one attached hydrogen (secondary N) is 2. The Hall–Kier alpha value is -2.26. The van der Waals surface area contributed by atoms with Crippen LogP contribution in [-0.4, -0.2) is 24.4 Å². The lowest BCUT2D eigenvalue weighted by Crippen LogP contribution is -2.44. The van der Waals surface area contributed by atoms with E-state index in [1.165, 1.54) is 0 Å². The van der Waals surface area contributed by atoms with Gasteiger partial charge in [-0.25, -0.2) is 0 Å². The molecule has 2 rings (SSSR count). The lowest BCUT2D eigenvalue weighted by molar-refractivity contribution is -0.141. The summed E-state index contributed by atoms with van der Waals surface area (Å²) in [5, 5.41) is 4.47. The SMILES string of the molecule is O=C(CNC(=O)c1cc(C(F)(F)F)ccc1C(F)(F)F)NC1CCC1. The first-order valence-electron chi connectivity index (χ1n) is 7.34. The van der Waals surface area contributed by atoms with E-state index in [-0.39, 0.29) is 24.2 Å². The number of rotatable bonds is 4. The lowest BCUT2D eigenvalue weighted by atomic mass is 9.93. The molecule has 25 heavy (non-hydrogen) atoms. The third-order valence-corrected chi connectivity index (χ3v) is 3.78. The smallest absolute Gasteiger partial charge is 0.352 e. The molecule has 1 aromatic carbocycles. The molecule has 0 radical (unpaired) electrons. The molecule has 0 heterocycles. The molecule has 2 amide bonds. The predicted molar refractivity (Wildman–Crippen MR) is 74.6 cm³/mol. The van der Waals surface area contributed by atoms with E-state index in [9.17, 15) is 35.9 Å². The first kappa shape index (κ1) is 19.1. The first-order chi connectivity index (χ1) is 11.5. The fourth-order valence-corrected chi connectivity index (χ4v) is 2.24. The van der Waals surface area contributed by atoms with Crippen molar-refractivity contribution < 1.29 is 35.9 Å². The molecule has 0 spiro atoms. The molecule has 10 heteroatoms. The van der Waals surface area contributed by atoms with Gasteiger partial charge in [0, 0.05) is 6.04 Å². The number of benzene rings is 1. The molecule has 138 valence electrons. The molecule has 1 aliphatic carbocycles. The van der Waals surface area contributed by atoms with Crippen molar-refractivity contribution in [1.29, 1.82) is 0 Å². The molecule has 1 aliphatic rings. The highest BCUT2D eigenvalue weighted by atomic mass is 19.4. The van der Waals surface area contributed by atoms with Crippen LogP contribution in [0.15, 0.2) is 18.2 Å². The second-order valence-electron chi connectivity index (χ2n) is 5.63. The van der Waals surface area contributed by atoms with E-state index in [2.05, 4.69) is 5.32 Å². The van der Waals surface area contributed by atoms with Crippen LogP contribution in [0.5, 0.6) is 0 Å². The molecule has 1 saturated carbocycles. The lowest BCUT2D eigenvalue weighted by Gasteiger charge is -2.26.